The first-order valence-electron chi connectivity index (χ1n) is 8.08. The molecule has 0 aromatic heterocycles. The first kappa shape index (κ1) is 19.9. The molecular weight excluding hydrogens is 354 g/mol. The fourth-order valence-electron chi connectivity index (χ4n) is 2.21. The molecule has 2 aromatic rings. The molecule has 0 aliphatic rings. The molecule has 2 N–H and O–H groups in total. The average Bonchev–Trinajstić information content (AvgIpc) is 2.66. The standard InChI is InChI=1S/C19H19NO7/c21-17(22)11-16(18(23)24)20(27-13-15-9-5-2-6-10-15)19(25)26-12-14-7-3-1-4-8-14/h1-10,16H,11-13H2,(H,21,22)(H,23,24)/t16-/m0/s1. The number of hydroxylamine groups is 2. The molecule has 0 unspecified atom stereocenters. The number of amides is 1. The van der Waals surface area contributed by atoms with Crippen molar-refractivity contribution in [2.75, 3.05) is 0 Å². The zero-order valence-electron chi connectivity index (χ0n) is 14.4. The Kier molecular flexibility index (Phi) is 7.33. The molecule has 0 bridgehead atoms. The summed E-state index contributed by atoms with van der Waals surface area (Å²) in [5.41, 5.74) is 1.37. The van der Waals surface area contributed by atoms with Crippen molar-refractivity contribution in [3.05, 3.63) is 71.8 Å². The largest absolute Gasteiger partial charge is 0.481 e. The van der Waals surface area contributed by atoms with Gasteiger partial charge in [0.2, 0.25) is 0 Å². The molecule has 1 atom stereocenters. The summed E-state index contributed by atoms with van der Waals surface area (Å²) in [6.07, 6.45) is -1.91. The van der Waals surface area contributed by atoms with E-state index in [0.29, 0.717) is 16.2 Å². The van der Waals surface area contributed by atoms with Gasteiger partial charge in [0.25, 0.3) is 0 Å². The minimum absolute atomic E-state index is 0.107. The van der Waals surface area contributed by atoms with Crippen LogP contribution in [0.15, 0.2) is 60.7 Å². The lowest BCUT2D eigenvalue weighted by molar-refractivity contribution is -0.192. The predicted molar refractivity (Wildman–Crippen MR) is 93.4 cm³/mol. The Morgan fingerprint density at radius 1 is 0.852 bits per heavy atom. The number of hydrogen-bond acceptors (Lipinski definition) is 5. The van der Waals surface area contributed by atoms with Crippen molar-refractivity contribution in [1.82, 2.24) is 5.06 Å². The highest BCUT2D eigenvalue weighted by Gasteiger charge is 2.34. The van der Waals surface area contributed by atoms with E-state index in [1.54, 1.807) is 60.7 Å². The first-order valence-corrected chi connectivity index (χ1v) is 8.08. The number of rotatable bonds is 9. The summed E-state index contributed by atoms with van der Waals surface area (Å²) in [7, 11) is 0. The van der Waals surface area contributed by atoms with E-state index >= 15 is 0 Å². The zero-order valence-corrected chi connectivity index (χ0v) is 14.4. The van der Waals surface area contributed by atoms with Crippen LogP contribution in [0.3, 0.4) is 0 Å². The normalized spacial score (nSPS) is 11.4. The Labute approximate surface area is 155 Å². The van der Waals surface area contributed by atoms with Gasteiger partial charge >= 0.3 is 18.0 Å². The second kappa shape index (κ2) is 9.93. The molecular formula is C19H19NO7. The average molecular weight is 373 g/mol. The summed E-state index contributed by atoms with van der Waals surface area (Å²) >= 11 is 0. The van der Waals surface area contributed by atoms with Gasteiger partial charge in [0.1, 0.15) is 13.2 Å². The molecule has 2 aromatic carbocycles. The Morgan fingerprint density at radius 2 is 1.37 bits per heavy atom. The monoisotopic (exact) mass is 373 g/mol. The Balaban J connectivity index is 2.12. The second-order valence-electron chi connectivity index (χ2n) is 5.58. The van der Waals surface area contributed by atoms with Crippen LogP contribution >= 0.6 is 0 Å². The van der Waals surface area contributed by atoms with E-state index in [1.807, 2.05) is 0 Å². The lowest BCUT2D eigenvalue weighted by atomic mass is 10.2. The van der Waals surface area contributed by atoms with E-state index in [9.17, 15) is 19.5 Å². The summed E-state index contributed by atoms with van der Waals surface area (Å²) in [6, 6.07) is 15.8. The number of benzene rings is 2. The van der Waals surface area contributed by atoms with Crippen LogP contribution < -0.4 is 0 Å². The number of nitrogens with zero attached hydrogens (tertiary/aromatic N) is 1. The van der Waals surface area contributed by atoms with Gasteiger partial charge in [-0.15, -0.1) is 0 Å². The molecule has 0 saturated heterocycles. The topological polar surface area (TPSA) is 113 Å². The van der Waals surface area contributed by atoms with Gasteiger partial charge in [-0.3, -0.25) is 9.63 Å². The van der Waals surface area contributed by atoms with Crippen molar-refractivity contribution in [2.45, 2.75) is 25.7 Å². The highest BCUT2D eigenvalue weighted by Crippen LogP contribution is 2.13. The highest BCUT2D eigenvalue weighted by molar-refractivity contribution is 5.84. The van der Waals surface area contributed by atoms with Crippen LogP contribution in [0.4, 0.5) is 4.79 Å². The van der Waals surface area contributed by atoms with Crippen LogP contribution in [0.5, 0.6) is 0 Å². The molecule has 142 valence electrons. The fraction of sp³-hybridized carbons (Fsp3) is 0.211. The van der Waals surface area contributed by atoms with E-state index in [0.717, 1.165) is 0 Å². The summed E-state index contributed by atoms with van der Waals surface area (Å²) in [6.45, 7) is -0.227. The number of carbonyl (C=O) groups is 3. The van der Waals surface area contributed by atoms with Crippen molar-refractivity contribution in [3.63, 3.8) is 0 Å². The number of ether oxygens (including phenoxy) is 1. The molecule has 0 fully saturated rings. The van der Waals surface area contributed by atoms with Gasteiger partial charge in [0.15, 0.2) is 6.04 Å². The number of aliphatic carboxylic acids is 2. The molecule has 27 heavy (non-hydrogen) atoms. The van der Waals surface area contributed by atoms with Crippen LogP contribution in [0, 0.1) is 0 Å². The fourth-order valence-corrected chi connectivity index (χ4v) is 2.21. The predicted octanol–water partition coefficient (Wildman–Crippen LogP) is 2.68. The molecule has 0 radical (unpaired) electrons. The third-order valence-corrected chi connectivity index (χ3v) is 3.53. The van der Waals surface area contributed by atoms with E-state index in [1.165, 1.54) is 0 Å². The van der Waals surface area contributed by atoms with Crippen molar-refractivity contribution >= 4 is 18.0 Å². The maximum absolute atomic E-state index is 12.4. The second-order valence-corrected chi connectivity index (χ2v) is 5.58. The van der Waals surface area contributed by atoms with E-state index in [4.69, 9.17) is 14.7 Å². The highest BCUT2D eigenvalue weighted by atomic mass is 16.7. The maximum atomic E-state index is 12.4. The van der Waals surface area contributed by atoms with E-state index in [-0.39, 0.29) is 13.2 Å². The molecule has 0 heterocycles. The molecule has 0 aliphatic heterocycles. The lowest BCUT2D eigenvalue weighted by Gasteiger charge is -2.26. The van der Waals surface area contributed by atoms with E-state index in [2.05, 4.69) is 0 Å². The number of carbonyl (C=O) groups excluding carboxylic acids is 1. The molecule has 8 heteroatoms. The van der Waals surface area contributed by atoms with Gasteiger partial charge in [-0.1, -0.05) is 60.7 Å². The van der Waals surface area contributed by atoms with Crippen LogP contribution in [0.25, 0.3) is 0 Å². The van der Waals surface area contributed by atoms with Gasteiger partial charge < -0.3 is 14.9 Å². The SMILES string of the molecule is O=C(O)C[C@@H](C(=O)O)N(OCc1ccccc1)C(=O)OCc1ccccc1. The molecule has 0 saturated carbocycles. The minimum Gasteiger partial charge on any atom is -0.481 e. The summed E-state index contributed by atoms with van der Waals surface area (Å²) in [4.78, 5) is 40.2. The van der Waals surface area contributed by atoms with Crippen LogP contribution in [0.2, 0.25) is 0 Å². The first-order chi connectivity index (χ1) is 13.0. The van der Waals surface area contributed by atoms with Crippen LogP contribution in [0.1, 0.15) is 17.5 Å². The number of hydrogen-bond donors (Lipinski definition) is 2. The van der Waals surface area contributed by atoms with Crippen molar-refractivity contribution in [3.8, 4) is 0 Å². The van der Waals surface area contributed by atoms with Gasteiger partial charge in [-0.05, 0) is 11.1 Å². The maximum Gasteiger partial charge on any atom is 0.435 e. The minimum atomic E-state index is -1.73. The van der Waals surface area contributed by atoms with Crippen LogP contribution in [-0.2, 0) is 32.4 Å². The Bertz CT molecular complexity index is 764. The smallest absolute Gasteiger partial charge is 0.435 e. The summed E-state index contributed by atoms with van der Waals surface area (Å²) in [5, 5.41) is 18.8. The summed E-state index contributed by atoms with van der Waals surface area (Å²) in [5.74, 6) is -2.89. The Morgan fingerprint density at radius 3 is 1.85 bits per heavy atom. The van der Waals surface area contributed by atoms with Gasteiger partial charge in [0.05, 0.1) is 6.42 Å². The molecule has 1 amide bonds. The molecule has 0 spiro atoms. The van der Waals surface area contributed by atoms with Crippen molar-refractivity contribution < 1.29 is 34.2 Å². The zero-order chi connectivity index (χ0) is 19.6. The van der Waals surface area contributed by atoms with E-state index < -0.39 is 30.5 Å². The van der Waals surface area contributed by atoms with Crippen LogP contribution in [-0.4, -0.2) is 39.3 Å². The van der Waals surface area contributed by atoms with Crippen molar-refractivity contribution in [1.29, 1.82) is 0 Å². The number of carboxylic acid groups (broad SMARTS) is 2. The molecule has 2 rings (SSSR count). The third kappa shape index (κ3) is 6.44. The Hall–Kier alpha value is -3.39. The van der Waals surface area contributed by atoms with Gasteiger partial charge in [-0.25, -0.2) is 9.59 Å². The van der Waals surface area contributed by atoms with Crippen molar-refractivity contribution in [2.24, 2.45) is 0 Å². The lowest BCUT2D eigenvalue weighted by Crippen LogP contribution is -2.46. The molecule has 0 aliphatic carbocycles. The summed E-state index contributed by atoms with van der Waals surface area (Å²) < 4.78 is 5.10. The van der Waals surface area contributed by atoms with Gasteiger partial charge in [0, 0.05) is 0 Å². The quantitative estimate of drug-likeness (QED) is 0.650. The molecule has 8 nitrogen and oxygen atoms in total. The third-order valence-electron chi connectivity index (χ3n) is 3.53. The number of carboxylic acids is 2. The van der Waals surface area contributed by atoms with Gasteiger partial charge in [-0.2, -0.15) is 5.06 Å².